The summed E-state index contributed by atoms with van der Waals surface area (Å²) in [5.41, 5.74) is 2.58. The van der Waals surface area contributed by atoms with Crippen molar-refractivity contribution < 1.29 is 14.3 Å². The van der Waals surface area contributed by atoms with E-state index >= 15 is 0 Å². The quantitative estimate of drug-likeness (QED) is 0.944. The van der Waals surface area contributed by atoms with Gasteiger partial charge in [-0.25, -0.2) is 0 Å². The van der Waals surface area contributed by atoms with Gasteiger partial charge in [-0.15, -0.1) is 0 Å². The first kappa shape index (κ1) is 13.9. The van der Waals surface area contributed by atoms with Gasteiger partial charge < -0.3 is 19.7 Å². The first-order valence-electron chi connectivity index (χ1n) is 7.84. The SMILES string of the molecule is CCCN1C(=O)c2ccccc2N[C@H]1c1ccc2c(c1)OCO2. The number of nitrogens with zero attached hydrogens (tertiary/aromatic N) is 1. The Morgan fingerprint density at radius 1 is 1.17 bits per heavy atom. The number of hydrogen-bond donors (Lipinski definition) is 1. The fraction of sp³-hybridized carbons (Fsp3) is 0.278. The Balaban J connectivity index is 1.75. The number of amides is 1. The van der Waals surface area contributed by atoms with Gasteiger partial charge in [0.15, 0.2) is 11.5 Å². The van der Waals surface area contributed by atoms with Crippen LogP contribution in [0.2, 0.25) is 0 Å². The summed E-state index contributed by atoms with van der Waals surface area (Å²) in [6.45, 7) is 3.01. The van der Waals surface area contributed by atoms with E-state index in [0.29, 0.717) is 6.54 Å². The van der Waals surface area contributed by atoms with Crippen LogP contribution in [0.25, 0.3) is 0 Å². The van der Waals surface area contributed by atoms with Crippen molar-refractivity contribution in [3.05, 3.63) is 53.6 Å². The number of carbonyl (C=O) groups excluding carboxylic acids is 1. The molecule has 1 amide bonds. The van der Waals surface area contributed by atoms with Crippen molar-refractivity contribution in [2.45, 2.75) is 19.5 Å². The maximum atomic E-state index is 12.9. The molecule has 0 saturated heterocycles. The number of ether oxygens (including phenoxy) is 2. The van der Waals surface area contributed by atoms with Crippen molar-refractivity contribution in [2.24, 2.45) is 0 Å². The Hall–Kier alpha value is -2.69. The lowest BCUT2D eigenvalue weighted by molar-refractivity contribution is 0.0683. The molecule has 0 radical (unpaired) electrons. The number of rotatable bonds is 3. The van der Waals surface area contributed by atoms with E-state index in [1.807, 2.05) is 47.4 Å². The van der Waals surface area contributed by atoms with Crippen molar-refractivity contribution in [2.75, 3.05) is 18.7 Å². The van der Waals surface area contributed by atoms with Crippen LogP contribution in [-0.4, -0.2) is 24.1 Å². The van der Waals surface area contributed by atoms with Crippen LogP contribution in [0.3, 0.4) is 0 Å². The average Bonchev–Trinajstić information content (AvgIpc) is 3.05. The Kier molecular flexibility index (Phi) is 3.33. The Morgan fingerprint density at radius 3 is 2.87 bits per heavy atom. The van der Waals surface area contributed by atoms with Crippen molar-refractivity contribution >= 4 is 11.6 Å². The largest absolute Gasteiger partial charge is 0.454 e. The molecule has 5 nitrogen and oxygen atoms in total. The highest BCUT2D eigenvalue weighted by Gasteiger charge is 2.32. The molecule has 0 aromatic heterocycles. The third-order valence-electron chi connectivity index (χ3n) is 4.20. The first-order chi connectivity index (χ1) is 11.3. The molecule has 2 aromatic rings. The maximum absolute atomic E-state index is 12.9. The number of anilines is 1. The molecule has 118 valence electrons. The molecule has 0 aliphatic carbocycles. The van der Waals surface area contributed by atoms with Gasteiger partial charge in [-0.3, -0.25) is 4.79 Å². The average molecular weight is 310 g/mol. The third-order valence-corrected chi connectivity index (χ3v) is 4.20. The molecule has 1 atom stereocenters. The summed E-state index contributed by atoms with van der Waals surface area (Å²) in [6.07, 6.45) is 0.697. The summed E-state index contributed by atoms with van der Waals surface area (Å²) in [5.74, 6) is 1.54. The van der Waals surface area contributed by atoms with E-state index < -0.39 is 0 Å². The lowest BCUT2D eigenvalue weighted by atomic mass is 10.0. The molecule has 0 bridgehead atoms. The van der Waals surface area contributed by atoms with Crippen LogP contribution in [0.5, 0.6) is 11.5 Å². The van der Waals surface area contributed by atoms with Gasteiger partial charge in [0.2, 0.25) is 6.79 Å². The monoisotopic (exact) mass is 310 g/mol. The van der Waals surface area contributed by atoms with E-state index in [1.54, 1.807) is 0 Å². The molecule has 5 heteroatoms. The number of para-hydroxylation sites is 1. The van der Waals surface area contributed by atoms with Crippen molar-refractivity contribution in [1.82, 2.24) is 4.90 Å². The number of fused-ring (bicyclic) bond motifs is 2. The summed E-state index contributed by atoms with van der Waals surface area (Å²) < 4.78 is 10.8. The highest BCUT2D eigenvalue weighted by molar-refractivity contribution is 6.01. The second-order valence-corrected chi connectivity index (χ2v) is 5.70. The van der Waals surface area contributed by atoms with Crippen LogP contribution in [0, 0.1) is 0 Å². The molecule has 4 rings (SSSR count). The van der Waals surface area contributed by atoms with Gasteiger partial charge in [-0.05, 0) is 36.2 Å². The number of carbonyl (C=O) groups is 1. The molecule has 2 heterocycles. The molecule has 2 aromatic carbocycles. The minimum atomic E-state index is -0.202. The van der Waals surface area contributed by atoms with Crippen molar-refractivity contribution in [1.29, 1.82) is 0 Å². The van der Waals surface area contributed by atoms with Gasteiger partial charge in [-0.1, -0.05) is 25.1 Å². The van der Waals surface area contributed by atoms with E-state index in [2.05, 4.69) is 12.2 Å². The van der Waals surface area contributed by atoms with E-state index in [0.717, 1.165) is 34.7 Å². The zero-order valence-electron chi connectivity index (χ0n) is 12.9. The predicted molar refractivity (Wildman–Crippen MR) is 86.7 cm³/mol. The molecule has 0 unspecified atom stereocenters. The first-order valence-corrected chi connectivity index (χ1v) is 7.84. The molecule has 2 aliphatic heterocycles. The molecule has 0 fully saturated rings. The Labute approximate surface area is 134 Å². The molecule has 23 heavy (non-hydrogen) atoms. The number of nitrogens with one attached hydrogen (secondary N) is 1. The van der Waals surface area contributed by atoms with E-state index in [4.69, 9.17) is 9.47 Å². The Morgan fingerprint density at radius 2 is 2.00 bits per heavy atom. The fourth-order valence-corrected chi connectivity index (χ4v) is 3.11. The molecule has 1 N–H and O–H groups in total. The van der Waals surface area contributed by atoms with Crippen molar-refractivity contribution in [3.8, 4) is 11.5 Å². The number of benzene rings is 2. The zero-order valence-corrected chi connectivity index (χ0v) is 12.9. The highest BCUT2D eigenvalue weighted by atomic mass is 16.7. The topological polar surface area (TPSA) is 50.8 Å². The van der Waals surface area contributed by atoms with Gasteiger partial charge in [0.05, 0.1) is 5.56 Å². The molecular weight excluding hydrogens is 292 g/mol. The van der Waals surface area contributed by atoms with Crippen LogP contribution in [-0.2, 0) is 0 Å². The lowest BCUT2D eigenvalue weighted by Crippen LogP contribution is -2.43. The van der Waals surface area contributed by atoms with Crippen LogP contribution in [0.4, 0.5) is 5.69 Å². The number of hydrogen-bond acceptors (Lipinski definition) is 4. The molecule has 2 aliphatic rings. The van der Waals surface area contributed by atoms with Crippen LogP contribution >= 0.6 is 0 Å². The lowest BCUT2D eigenvalue weighted by Gasteiger charge is -2.38. The summed E-state index contributed by atoms with van der Waals surface area (Å²) in [7, 11) is 0. The smallest absolute Gasteiger partial charge is 0.257 e. The zero-order chi connectivity index (χ0) is 15.8. The Bertz CT molecular complexity index is 760. The summed E-state index contributed by atoms with van der Waals surface area (Å²) in [5, 5.41) is 3.48. The van der Waals surface area contributed by atoms with Gasteiger partial charge in [-0.2, -0.15) is 0 Å². The standard InChI is InChI=1S/C18H18N2O3/c1-2-9-20-17(12-7-8-15-16(10-12)23-11-22-15)19-14-6-4-3-5-13(14)18(20)21/h3-8,10,17,19H,2,9,11H2,1H3/t17-/m1/s1. The predicted octanol–water partition coefficient (Wildman–Crippen LogP) is 3.39. The third kappa shape index (κ3) is 2.29. The van der Waals surface area contributed by atoms with Gasteiger partial charge in [0.1, 0.15) is 6.17 Å². The second kappa shape index (κ2) is 5.50. The van der Waals surface area contributed by atoms with Gasteiger partial charge in [0.25, 0.3) is 5.91 Å². The second-order valence-electron chi connectivity index (χ2n) is 5.70. The summed E-state index contributed by atoms with van der Waals surface area (Å²) in [4.78, 5) is 14.7. The fourth-order valence-electron chi connectivity index (χ4n) is 3.11. The molecule has 0 spiro atoms. The van der Waals surface area contributed by atoms with E-state index in [-0.39, 0.29) is 18.9 Å². The van der Waals surface area contributed by atoms with Crippen LogP contribution in [0.1, 0.15) is 35.4 Å². The highest BCUT2D eigenvalue weighted by Crippen LogP contribution is 2.38. The summed E-state index contributed by atoms with van der Waals surface area (Å²) in [6, 6.07) is 13.5. The molecular formula is C18H18N2O3. The minimum absolute atomic E-state index is 0.0591. The summed E-state index contributed by atoms with van der Waals surface area (Å²) >= 11 is 0. The van der Waals surface area contributed by atoms with Crippen LogP contribution < -0.4 is 14.8 Å². The van der Waals surface area contributed by atoms with E-state index in [9.17, 15) is 4.79 Å². The maximum Gasteiger partial charge on any atom is 0.257 e. The normalized spacial score (nSPS) is 18.6. The van der Waals surface area contributed by atoms with Crippen molar-refractivity contribution in [3.63, 3.8) is 0 Å². The van der Waals surface area contributed by atoms with Gasteiger partial charge in [0, 0.05) is 12.2 Å². The van der Waals surface area contributed by atoms with Gasteiger partial charge >= 0.3 is 0 Å². The molecule has 0 saturated carbocycles. The van der Waals surface area contributed by atoms with E-state index in [1.165, 1.54) is 0 Å². The van der Waals surface area contributed by atoms with Crippen LogP contribution in [0.15, 0.2) is 42.5 Å². The minimum Gasteiger partial charge on any atom is -0.454 e.